The van der Waals surface area contributed by atoms with Crippen molar-refractivity contribution in [2.75, 3.05) is 11.9 Å². The summed E-state index contributed by atoms with van der Waals surface area (Å²) in [6, 6.07) is 7.31. The van der Waals surface area contributed by atoms with Gasteiger partial charge in [-0.15, -0.1) is 0 Å². The number of carbonyl (C=O) groups is 1. The van der Waals surface area contributed by atoms with Crippen molar-refractivity contribution in [1.29, 1.82) is 0 Å². The molecule has 1 aromatic carbocycles. The number of ether oxygens (including phenoxy) is 2. The van der Waals surface area contributed by atoms with E-state index in [-0.39, 0.29) is 18.1 Å². The van der Waals surface area contributed by atoms with Gasteiger partial charge in [-0.25, -0.2) is 4.98 Å². The number of fused-ring (bicyclic) bond motifs is 1. The Labute approximate surface area is 162 Å². The molecule has 1 atom stereocenters. The number of rotatable bonds is 3. The number of nitrogens with one attached hydrogen (secondary N) is 1. The van der Waals surface area contributed by atoms with E-state index in [9.17, 15) is 9.59 Å². The third kappa shape index (κ3) is 4.24. The van der Waals surface area contributed by atoms with E-state index >= 15 is 0 Å². The van der Waals surface area contributed by atoms with Gasteiger partial charge >= 0.3 is 5.97 Å². The van der Waals surface area contributed by atoms with Crippen LogP contribution in [0.3, 0.4) is 0 Å². The highest BCUT2D eigenvalue weighted by molar-refractivity contribution is 6.30. The number of esters is 1. The van der Waals surface area contributed by atoms with Gasteiger partial charge < -0.3 is 14.8 Å². The molecule has 1 aliphatic rings. The van der Waals surface area contributed by atoms with E-state index in [1.807, 2.05) is 19.1 Å². The van der Waals surface area contributed by atoms with Gasteiger partial charge in [0.2, 0.25) is 5.88 Å². The Balaban J connectivity index is 1.88. The quantitative estimate of drug-likeness (QED) is 0.810. The highest BCUT2D eigenvalue weighted by Gasteiger charge is 2.35. The van der Waals surface area contributed by atoms with E-state index in [1.54, 1.807) is 32.9 Å². The number of aromatic nitrogens is 2. The lowest BCUT2D eigenvalue weighted by molar-refractivity contribution is -0.155. The highest BCUT2D eigenvalue weighted by Crippen LogP contribution is 2.34. The predicted molar refractivity (Wildman–Crippen MR) is 102 cm³/mol. The van der Waals surface area contributed by atoms with Crippen LogP contribution in [-0.4, -0.2) is 27.7 Å². The molecule has 0 saturated heterocycles. The average Bonchev–Trinajstić information content (AvgIpc) is 2.57. The first-order valence-corrected chi connectivity index (χ1v) is 8.93. The first-order chi connectivity index (χ1) is 12.6. The Morgan fingerprint density at radius 1 is 1.37 bits per heavy atom. The number of benzene rings is 1. The molecule has 0 unspecified atom stereocenters. The van der Waals surface area contributed by atoms with Gasteiger partial charge in [0, 0.05) is 5.02 Å². The van der Waals surface area contributed by atoms with Crippen LogP contribution in [0.25, 0.3) is 0 Å². The zero-order chi connectivity index (χ0) is 19.8. The second-order valence-electron chi connectivity index (χ2n) is 7.70. The normalized spacial score (nSPS) is 18.9. The van der Waals surface area contributed by atoms with Crippen LogP contribution in [0.2, 0.25) is 5.02 Å². The molecule has 144 valence electrons. The molecule has 0 amide bonds. The number of carbonyl (C=O) groups excluding carboxylic acids is 1. The SMILES string of the molecule is CC(C)(C)OC(=O)Cn1cnc2c(c1=O)N[C@@](C)(c1ccc(Cl)cc1)CO2. The zero-order valence-electron chi connectivity index (χ0n) is 15.7. The number of hydrogen-bond donors (Lipinski definition) is 1. The van der Waals surface area contributed by atoms with Crippen molar-refractivity contribution in [3.8, 4) is 5.88 Å². The van der Waals surface area contributed by atoms with Crippen molar-refractivity contribution in [2.45, 2.75) is 45.4 Å². The van der Waals surface area contributed by atoms with Gasteiger partial charge in [-0.05, 0) is 45.4 Å². The Morgan fingerprint density at radius 3 is 2.67 bits per heavy atom. The van der Waals surface area contributed by atoms with Crippen molar-refractivity contribution < 1.29 is 14.3 Å². The van der Waals surface area contributed by atoms with Crippen molar-refractivity contribution in [3.63, 3.8) is 0 Å². The number of halogens is 1. The lowest BCUT2D eigenvalue weighted by Crippen LogP contribution is -2.45. The molecule has 0 fully saturated rings. The first-order valence-electron chi connectivity index (χ1n) is 8.56. The number of hydrogen-bond acceptors (Lipinski definition) is 6. The second kappa shape index (κ2) is 6.88. The van der Waals surface area contributed by atoms with Crippen LogP contribution in [0, 0.1) is 0 Å². The maximum Gasteiger partial charge on any atom is 0.326 e. The fourth-order valence-electron chi connectivity index (χ4n) is 2.81. The Kier molecular flexibility index (Phi) is 4.90. The third-order valence-electron chi connectivity index (χ3n) is 4.10. The van der Waals surface area contributed by atoms with Gasteiger partial charge in [-0.1, -0.05) is 23.7 Å². The zero-order valence-corrected chi connectivity index (χ0v) is 16.5. The fourth-order valence-corrected chi connectivity index (χ4v) is 2.94. The fraction of sp³-hybridized carbons (Fsp3) is 0.421. The number of anilines is 1. The Morgan fingerprint density at radius 2 is 2.04 bits per heavy atom. The van der Waals surface area contributed by atoms with Gasteiger partial charge in [0.05, 0.1) is 5.54 Å². The molecule has 0 spiro atoms. The summed E-state index contributed by atoms with van der Waals surface area (Å²) >= 11 is 5.96. The predicted octanol–water partition coefficient (Wildman–Crippen LogP) is 2.96. The average molecular weight is 392 g/mol. The Bertz CT molecular complexity index is 918. The molecule has 1 N–H and O–H groups in total. The van der Waals surface area contributed by atoms with Crippen LogP contribution >= 0.6 is 11.6 Å². The summed E-state index contributed by atoms with van der Waals surface area (Å²) in [7, 11) is 0. The van der Waals surface area contributed by atoms with E-state index in [0.717, 1.165) is 5.56 Å². The highest BCUT2D eigenvalue weighted by atomic mass is 35.5. The van der Waals surface area contributed by atoms with Gasteiger partial charge in [-0.2, -0.15) is 0 Å². The third-order valence-corrected chi connectivity index (χ3v) is 4.35. The van der Waals surface area contributed by atoms with Crippen molar-refractivity contribution >= 4 is 23.3 Å². The van der Waals surface area contributed by atoms with Crippen molar-refractivity contribution in [2.24, 2.45) is 0 Å². The molecule has 0 bridgehead atoms. The minimum absolute atomic E-state index is 0.213. The smallest absolute Gasteiger partial charge is 0.326 e. The van der Waals surface area contributed by atoms with Crippen LogP contribution in [0.1, 0.15) is 33.3 Å². The lowest BCUT2D eigenvalue weighted by Gasteiger charge is -2.36. The molecule has 1 aromatic heterocycles. The molecular formula is C19H22ClN3O4. The number of nitrogens with zero attached hydrogens (tertiary/aromatic N) is 2. The molecule has 0 aliphatic carbocycles. The largest absolute Gasteiger partial charge is 0.473 e. The second-order valence-corrected chi connectivity index (χ2v) is 8.13. The summed E-state index contributed by atoms with van der Waals surface area (Å²) in [5.41, 5.74) is -0.532. The van der Waals surface area contributed by atoms with Crippen LogP contribution in [0.15, 0.2) is 35.4 Å². The Hall–Kier alpha value is -2.54. The molecule has 27 heavy (non-hydrogen) atoms. The topological polar surface area (TPSA) is 82.5 Å². The molecule has 0 radical (unpaired) electrons. The molecule has 2 aromatic rings. The summed E-state index contributed by atoms with van der Waals surface area (Å²) in [6.07, 6.45) is 1.29. The van der Waals surface area contributed by atoms with Crippen LogP contribution in [-0.2, 0) is 21.6 Å². The minimum Gasteiger partial charge on any atom is -0.473 e. The van der Waals surface area contributed by atoms with Crippen molar-refractivity contribution in [1.82, 2.24) is 9.55 Å². The van der Waals surface area contributed by atoms with E-state index in [1.165, 1.54) is 10.9 Å². The van der Waals surface area contributed by atoms with Gasteiger partial charge in [-0.3, -0.25) is 14.2 Å². The van der Waals surface area contributed by atoms with Crippen LogP contribution in [0.5, 0.6) is 5.88 Å². The summed E-state index contributed by atoms with van der Waals surface area (Å²) in [5.74, 6) is -0.296. The monoisotopic (exact) mass is 391 g/mol. The summed E-state index contributed by atoms with van der Waals surface area (Å²) in [5, 5.41) is 3.85. The van der Waals surface area contributed by atoms with E-state index in [0.29, 0.717) is 11.6 Å². The molecule has 1 aliphatic heterocycles. The molecule has 3 rings (SSSR count). The van der Waals surface area contributed by atoms with Crippen LogP contribution < -0.4 is 15.6 Å². The van der Waals surface area contributed by atoms with Gasteiger partial charge in [0.25, 0.3) is 5.56 Å². The van der Waals surface area contributed by atoms with Gasteiger partial charge in [0.15, 0.2) is 5.69 Å². The van der Waals surface area contributed by atoms with E-state index < -0.39 is 22.7 Å². The van der Waals surface area contributed by atoms with E-state index in [4.69, 9.17) is 21.1 Å². The molecule has 0 saturated carbocycles. The minimum atomic E-state index is -0.635. The molecule has 7 nitrogen and oxygen atoms in total. The first kappa shape index (κ1) is 19.2. The lowest BCUT2D eigenvalue weighted by atomic mass is 9.92. The standard InChI is InChI=1S/C19H22ClN3O4/c1-18(2,3)27-14(24)9-23-11-21-16-15(17(23)25)22-19(4,10-26-16)12-5-7-13(20)8-6-12/h5-8,11,22H,9-10H2,1-4H3/t19-/m1/s1. The molecule has 2 heterocycles. The maximum atomic E-state index is 12.8. The van der Waals surface area contributed by atoms with Crippen molar-refractivity contribution in [3.05, 3.63) is 51.5 Å². The maximum absolute atomic E-state index is 12.8. The summed E-state index contributed by atoms with van der Waals surface area (Å²) in [4.78, 5) is 29.0. The molecule has 8 heteroatoms. The van der Waals surface area contributed by atoms with E-state index in [2.05, 4.69) is 10.3 Å². The summed E-state index contributed by atoms with van der Waals surface area (Å²) < 4.78 is 12.2. The van der Waals surface area contributed by atoms with Crippen LogP contribution in [0.4, 0.5) is 5.69 Å². The van der Waals surface area contributed by atoms with Gasteiger partial charge in [0.1, 0.15) is 25.1 Å². The summed E-state index contributed by atoms with van der Waals surface area (Å²) in [6.45, 7) is 7.30. The molecular weight excluding hydrogens is 370 g/mol.